The molecule has 0 aromatic heterocycles. The van der Waals surface area contributed by atoms with Crippen LogP contribution in [0.5, 0.6) is 0 Å². The number of primary amides is 1. The van der Waals surface area contributed by atoms with Crippen molar-refractivity contribution in [3.05, 3.63) is 29.3 Å². The first-order valence-electron chi connectivity index (χ1n) is 10.9. The highest BCUT2D eigenvalue weighted by Gasteiger charge is 2.53. The normalized spacial score (nSPS) is 21.8. The number of rotatable bonds is 6. The molecule has 2 fully saturated rings. The van der Waals surface area contributed by atoms with Gasteiger partial charge in [-0.05, 0) is 50.9 Å². The number of nitrogens with two attached hydrogens (primary N) is 1. The smallest absolute Gasteiger partial charge is 0.399 e. The van der Waals surface area contributed by atoms with E-state index in [0.717, 1.165) is 0 Å². The first-order chi connectivity index (χ1) is 15.1. The lowest BCUT2D eigenvalue weighted by Gasteiger charge is -2.35. The Kier molecular flexibility index (Phi) is 6.98. The van der Waals surface area contributed by atoms with Gasteiger partial charge in [-0.3, -0.25) is 19.0 Å². The lowest BCUT2D eigenvalue weighted by Crippen LogP contribution is -2.50. The molecule has 1 aromatic carbocycles. The second kappa shape index (κ2) is 8.99. The van der Waals surface area contributed by atoms with Crippen LogP contribution in [0.1, 0.15) is 55.8 Å². The number of hydrogen-bond acceptors (Lipinski definition) is 7. The Morgan fingerprint density at radius 2 is 1.67 bits per heavy atom. The summed E-state index contributed by atoms with van der Waals surface area (Å²) in [7, 11) is -5.49. The Morgan fingerprint density at radius 1 is 1.12 bits per heavy atom. The van der Waals surface area contributed by atoms with Crippen LogP contribution in [0.3, 0.4) is 0 Å². The number of piperazine rings is 1. The Morgan fingerprint density at radius 3 is 2.12 bits per heavy atom. The van der Waals surface area contributed by atoms with Crippen LogP contribution < -0.4 is 11.2 Å². The largest absolute Gasteiger partial charge is 0.495 e. The molecule has 0 aliphatic carbocycles. The third-order valence-electron chi connectivity index (χ3n) is 6.83. The van der Waals surface area contributed by atoms with Gasteiger partial charge in [0.05, 0.1) is 11.2 Å². The zero-order valence-corrected chi connectivity index (χ0v) is 20.5. The topological polar surface area (TPSA) is 139 Å². The fourth-order valence-corrected chi connectivity index (χ4v) is 4.96. The van der Waals surface area contributed by atoms with Crippen molar-refractivity contribution in [2.75, 3.05) is 32.7 Å². The molecule has 1 unspecified atom stereocenters. The molecule has 0 saturated carbocycles. The van der Waals surface area contributed by atoms with Crippen LogP contribution in [-0.4, -0.2) is 85.6 Å². The summed E-state index contributed by atoms with van der Waals surface area (Å²) in [5.74, 6) is -0.714. The van der Waals surface area contributed by atoms with Gasteiger partial charge in [0, 0.05) is 45.2 Å². The number of carbonyl (C=O) groups is 2. The highest BCUT2D eigenvalue weighted by atomic mass is 32.2. The molecule has 2 saturated heterocycles. The van der Waals surface area contributed by atoms with Gasteiger partial charge >= 0.3 is 7.12 Å². The molecule has 2 aliphatic rings. The molecule has 3 N–H and O–H groups in total. The molecular formula is C21H32BN3O7S. The standard InChI is InChI=1S/C21H32BN3O7S/c1-14(26)25-10-8-24(9-11-25)13-18(33(28,29)30)16-7-6-15(19(23)27)12-17(16)22-31-20(2,3)21(4,5)32-22/h6-7,12,18H,8-11,13H2,1-5H3,(H2,23,27)(H,28,29,30). The first kappa shape index (κ1) is 25.6. The van der Waals surface area contributed by atoms with E-state index < -0.39 is 39.6 Å². The number of amides is 2. The number of hydrogen-bond donors (Lipinski definition) is 2. The van der Waals surface area contributed by atoms with E-state index in [-0.39, 0.29) is 23.6 Å². The number of nitrogens with zero attached hydrogens (tertiary/aromatic N) is 2. The first-order valence-corrected chi connectivity index (χ1v) is 12.4. The Hall–Kier alpha value is -1.99. The van der Waals surface area contributed by atoms with Gasteiger partial charge < -0.3 is 19.9 Å². The van der Waals surface area contributed by atoms with Gasteiger partial charge in [0.15, 0.2) is 0 Å². The van der Waals surface area contributed by atoms with Crippen molar-refractivity contribution < 1.29 is 31.9 Å². The Balaban J connectivity index is 1.99. The summed E-state index contributed by atoms with van der Waals surface area (Å²) in [5.41, 5.74) is 4.83. The van der Waals surface area contributed by atoms with Crippen LogP contribution in [0.25, 0.3) is 0 Å². The quantitative estimate of drug-likeness (QED) is 0.433. The van der Waals surface area contributed by atoms with Crippen LogP contribution >= 0.6 is 0 Å². The van der Waals surface area contributed by atoms with E-state index in [9.17, 15) is 22.6 Å². The summed E-state index contributed by atoms with van der Waals surface area (Å²) in [6.45, 7) is 10.8. The van der Waals surface area contributed by atoms with Gasteiger partial charge in [0.1, 0.15) is 5.25 Å². The Labute approximate surface area is 195 Å². The van der Waals surface area contributed by atoms with Crippen LogP contribution in [0.15, 0.2) is 18.2 Å². The van der Waals surface area contributed by atoms with E-state index in [4.69, 9.17) is 15.0 Å². The second-order valence-corrected chi connectivity index (χ2v) is 11.2. The third kappa shape index (κ3) is 5.41. The molecule has 2 aliphatic heterocycles. The van der Waals surface area contributed by atoms with Gasteiger partial charge in [0.25, 0.3) is 10.1 Å². The average molecular weight is 481 g/mol. The predicted octanol–water partition coefficient (Wildman–Crippen LogP) is 0.178. The van der Waals surface area contributed by atoms with Gasteiger partial charge in [0.2, 0.25) is 11.8 Å². The third-order valence-corrected chi connectivity index (χ3v) is 7.95. The minimum Gasteiger partial charge on any atom is -0.399 e. The highest BCUT2D eigenvalue weighted by molar-refractivity contribution is 7.86. The van der Waals surface area contributed by atoms with Crippen molar-refractivity contribution in [2.45, 2.75) is 51.1 Å². The van der Waals surface area contributed by atoms with Crippen molar-refractivity contribution in [3.8, 4) is 0 Å². The average Bonchev–Trinajstić information content (AvgIpc) is 2.92. The fourth-order valence-electron chi connectivity index (χ4n) is 4.03. The summed E-state index contributed by atoms with van der Waals surface area (Å²) >= 11 is 0. The lowest BCUT2D eigenvalue weighted by atomic mass is 9.74. The maximum absolute atomic E-state index is 12.5. The monoisotopic (exact) mass is 481 g/mol. The van der Waals surface area contributed by atoms with E-state index >= 15 is 0 Å². The molecule has 1 aromatic rings. The van der Waals surface area contributed by atoms with E-state index in [1.54, 1.807) is 4.90 Å². The maximum Gasteiger partial charge on any atom is 0.495 e. The minimum absolute atomic E-state index is 0.00695. The molecule has 33 heavy (non-hydrogen) atoms. The van der Waals surface area contributed by atoms with Crippen molar-refractivity contribution >= 4 is 34.5 Å². The van der Waals surface area contributed by atoms with Crippen LogP contribution in [0.2, 0.25) is 0 Å². The molecule has 12 heteroatoms. The van der Waals surface area contributed by atoms with E-state index in [2.05, 4.69) is 0 Å². The van der Waals surface area contributed by atoms with Gasteiger partial charge in [-0.1, -0.05) is 6.07 Å². The molecule has 0 spiro atoms. The Bertz CT molecular complexity index is 1020. The molecule has 182 valence electrons. The molecule has 2 amide bonds. The molecule has 0 radical (unpaired) electrons. The lowest BCUT2D eigenvalue weighted by molar-refractivity contribution is -0.130. The summed E-state index contributed by atoms with van der Waals surface area (Å²) in [6.07, 6.45) is 0. The molecule has 10 nitrogen and oxygen atoms in total. The van der Waals surface area contributed by atoms with Crippen molar-refractivity contribution in [3.63, 3.8) is 0 Å². The minimum atomic E-state index is -4.54. The van der Waals surface area contributed by atoms with Crippen molar-refractivity contribution in [1.82, 2.24) is 9.80 Å². The van der Waals surface area contributed by atoms with E-state index in [0.29, 0.717) is 31.6 Å². The van der Waals surface area contributed by atoms with Crippen LogP contribution in [-0.2, 0) is 24.2 Å². The van der Waals surface area contributed by atoms with Gasteiger partial charge in [-0.25, -0.2) is 0 Å². The number of carbonyl (C=O) groups excluding carboxylic acids is 2. The maximum atomic E-state index is 12.5. The van der Waals surface area contributed by atoms with Crippen molar-refractivity contribution in [2.24, 2.45) is 5.73 Å². The number of benzene rings is 1. The molecule has 2 heterocycles. The van der Waals surface area contributed by atoms with Gasteiger partial charge in [-0.15, -0.1) is 0 Å². The molecule has 3 rings (SSSR count). The summed E-state index contributed by atoms with van der Waals surface area (Å²) in [4.78, 5) is 27.0. The van der Waals surface area contributed by atoms with Gasteiger partial charge in [-0.2, -0.15) is 8.42 Å². The zero-order valence-electron chi connectivity index (χ0n) is 19.7. The molecule has 0 bridgehead atoms. The summed E-state index contributed by atoms with van der Waals surface area (Å²) in [5, 5.41) is -1.31. The zero-order chi connectivity index (χ0) is 24.8. The second-order valence-electron chi connectivity index (χ2n) is 9.61. The highest BCUT2D eigenvalue weighted by Crippen LogP contribution is 2.37. The molecular weight excluding hydrogens is 449 g/mol. The van der Waals surface area contributed by atoms with Crippen LogP contribution in [0.4, 0.5) is 0 Å². The summed E-state index contributed by atoms with van der Waals surface area (Å²) < 4.78 is 47.4. The van der Waals surface area contributed by atoms with E-state index in [1.165, 1.54) is 25.1 Å². The molecule has 1 atom stereocenters. The predicted molar refractivity (Wildman–Crippen MR) is 124 cm³/mol. The van der Waals surface area contributed by atoms with Crippen LogP contribution in [0, 0.1) is 0 Å². The van der Waals surface area contributed by atoms with Crippen molar-refractivity contribution in [1.29, 1.82) is 0 Å². The SMILES string of the molecule is CC(=O)N1CCN(CC(c2ccc(C(N)=O)cc2B2OC(C)(C)C(C)(C)O2)S(=O)(=O)O)CC1. The summed E-state index contributed by atoms with van der Waals surface area (Å²) in [6, 6.07) is 4.37. The van der Waals surface area contributed by atoms with E-state index in [1.807, 2.05) is 32.6 Å². The fraction of sp³-hybridized carbons (Fsp3) is 0.619.